The normalized spacial score (nSPS) is 10.8. The molecule has 22 heavy (non-hydrogen) atoms. The standard InChI is InChI=1S/C17H14BrNO2S/c18-15-3-1-2-13(8-15)11-21-10-12-4-6-14(7-5-12)16-9-17(20)19-22-16/h1-9H,10-11H2,(H,19,20). The van der Waals surface area contributed by atoms with Crippen molar-refractivity contribution in [2.45, 2.75) is 13.2 Å². The highest BCUT2D eigenvalue weighted by atomic mass is 79.9. The van der Waals surface area contributed by atoms with E-state index in [9.17, 15) is 4.79 Å². The van der Waals surface area contributed by atoms with Crippen molar-refractivity contribution >= 4 is 27.5 Å². The zero-order valence-corrected chi connectivity index (χ0v) is 14.1. The molecular weight excluding hydrogens is 362 g/mol. The Balaban J connectivity index is 1.58. The first kappa shape index (κ1) is 15.2. The van der Waals surface area contributed by atoms with Gasteiger partial charge >= 0.3 is 0 Å². The smallest absolute Gasteiger partial charge is 0.258 e. The van der Waals surface area contributed by atoms with Crippen LogP contribution in [-0.2, 0) is 18.0 Å². The molecule has 0 aliphatic carbocycles. The third-order valence-electron chi connectivity index (χ3n) is 3.19. The molecular formula is C17H14BrNO2S. The minimum Gasteiger partial charge on any atom is -0.372 e. The SMILES string of the molecule is O=c1cc(-c2ccc(COCc3cccc(Br)c3)cc2)s[nH]1. The molecule has 0 radical (unpaired) electrons. The molecule has 3 rings (SSSR count). The Bertz CT molecular complexity index is 808. The first-order chi connectivity index (χ1) is 10.7. The maximum atomic E-state index is 11.2. The molecule has 0 aliphatic rings. The number of halogens is 1. The van der Waals surface area contributed by atoms with Crippen LogP contribution in [0.15, 0.2) is 63.9 Å². The Labute approximate surface area is 140 Å². The van der Waals surface area contributed by atoms with Crippen molar-refractivity contribution in [1.29, 1.82) is 0 Å². The van der Waals surface area contributed by atoms with Gasteiger partial charge in [0.1, 0.15) is 0 Å². The second-order valence-electron chi connectivity index (χ2n) is 4.90. The molecule has 1 heterocycles. The maximum absolute atomic E-state index is 11.2. The van der Waals surface area contributed by atoms with Crippen molar-refractivity contribution < 1.29 is 4.74 Å². The van der Waals surface area contributed by atoms with Crippen molar-refractivity contribution in [3.63, 3.8) is 0 Å². The van der Waals surface area contributed by atoms with E-state index in [1.54, 1.807) is 6.07 Å². The van der Waals surface area contributed by atoms with Gasteiger partial charge in [0.25, 0.3) is 5.56 Å². The summed E-state index contributed by atoms with van der Waals surface area (Å²) in [5.74, 6) is 0. The van der Waals surface area contributed by atoms with Gasteiger partial charge in [0.05, 0.1) is 18.1 Å². The summed E-state index contributed by atoms with van der Waals surface area (Å²) < 4.78 is 9.49. The quantitative estimate of drug-likeness (QED) is 0.708. The van der Waals surface area contributed by atoms with Gasteiger partial charge in [0.2, 0.25) is 0 Å². The molecule has 112 valence electrons. The highest BCUT2D eigenvalue weighted by Gasteiger charge is 2.02. The Morgan fingerprint density at radius 2 is 1.77 bits per heavy atom. The summed E-state index contributed by atoms with van der Waals surface area (Å²) in [4.78, 5) is 12.1. The predicted molar refractivity (Wildman–Crippen MR) is 93.0 cm³/mol. The zero-order valence-electron chi connectivity index (χ0n) is 11.7. The highest BCUT2D eigenvalue weighted by molar-refractivity contribution is 9.10. The lowest BCUT2D eigenvalue weighted by molar-refractivity contribution is 0.107. The molecule has 0 fully saturated rings. The van der Waals surface area contributed by atoms with Crippen LogP contribution in [0.1, 0.15) is 11.1 Å². The van der Waals surface area contributed by atoms with E-state index in [1.807, 2.05) is 42.5 Å². The largest absolute Gasteiger partial charge is 0.372 e. The number of rotatable bonds is 5. The van der Waals surface area contributed by atoms with E-state index in [0.29, 0.717) is 13.2 Å². The van der Waals surface area contributed by atoms with Crippen LogP contribution in [0.2, 0.25) is 0 Å². The van der Waals surface area contributed by atoms with E-state index in [0.717, 1.165) is 26.0 Å². The van der Waals surface area contributed by atoms with Gasteiger partial charge in [-0.3, -0.25) is 9.17 Å². The van der Waals surface area contributed by atoms with Crippen molar-refractivity contribution in [1.82, 2.24) is 4.37 Å². The first-order valence-electron chi connectivity index (χ1n) is 6.81. The number of nitrogens with one attached hydrogen (secondary N) is 1. The van der Waals surface area contributed by atoms with Crippen molar-refractivity contribution in [2.75, 3.05) is 0 Å². The van der Waals surface area contributed by atoms with Gasteiger partial charge in [0.15, 0.2) is 0 Å². The zero-order chi connectivity index (χ0) is 15.4. The Kier molecular flexibility index (Phi) is 4.87. The van der Waals surface area contributed by atoms with Crippen molar-refractivity contribution in [2.24, 2.45) is 0 Å². The summed E-state index contributed by atoms with van der Waals surface area (Å²) in [6, 6.07) is 17.8. The molecule has 0 atom stereocenters. The van der Waals surface area contributed by atoms with Crippen LogP contribution in [0.4, 0.5) is 0 Å². The lowest BCUT2D eigenvalue weighted by Crippen LogP contribution is -1.94. The van der Waals surface area contributed by atoms with Crippen LogP contribution in [0, 0.1) is 0 Å². The number of hydrogen-bond acceptors (Lipinski definition) is 3. The van der Waals surface area contributed by atoms with Gasteiger partial charge in [-0.1, -0.05) is 63.9 Å². The molecule has 0 bridgehead atoms. The molecule has 0 saturated carbocycles. The minimum absolute atomic E-state index is 0.0542. The molecule has 2 aromatic carbocycles. The van der Waals surface area contributed by atoms with Crippen LogP contribution in [0.3, 0.4) is 0 Å². The molecule has 0 unspecified atom stereocenters. The number of ether oxygens (including phenoxy) is 1. The van der Waals surface area contributed by atoms with Gasteiger partial charge < -0.3 is 4.74 Å². The lowest BCUT2D eigenvalue weighted by atomic mass is 10.1. The Morgan fingerprint density at radius 1 is 1.00 bits per heavy atom. The van der Waals surface area contributed by atoms with Crippen LogP contribution in [0.25, 0.3) is 10.4 Å². The topological polar surface area (TPSA) is 42.1 Å². The second-order valence-corrected chi connectivity index (χ2v) is 6.66. The van der Waals surface area contributed by atoms with Gasteiger partial charge in [-0.05, 0) is 28.8 Å². The molecule has 0 spiro atoms. The number of H-pyrrole nitrogens is 1. The highest BCUT2D eigenvalue weighted by Crippen LogP contribution is 2.21. The summed E-state index contributed by atoms with van der Waals surface area (Å²) in [6.45, 7) is 1.15. The second kappa shape index (κ2) is 7.05. The summed E-state index contributed by atoms with van der Waals surface area (Å²) >= 11 is 4.80. The van der Waals surface area contributed by atoms with Crippen LogP contribution < -0.4 is 5.56 Å². The fraction of sp³-hybridized carbons (Fsp3) is 0.118. The van der Waals surface area contributed by atoms with Crippen LogP contribution in [-0.4, -0.2) is 4.37 Å². The molecule has 0 amide bonds. The van der Waals surface area contributed by atoms with E-state index in [2.05, 4.69) is 26.4 Å². The van der Waals surface area contributed by atoms with Gasteiger partial charge in [-0.15, -0.1) is 0 Å². The summed E-state index contributed by atoms with van der Waals surface area (Å²) in [7, 11) is 0. The van der Waals surface area contributed by atoms with Gasteiger partial charge in [-0.25, -0.2) is 0 Å². The van der Waals surface area contributed by atoms with E-state index < -0.39 is 0 Å². The van der Waals surface area contributed by atoms with E-state index in [1.165, 1.54) is 11.5 Å². The van der Waals surface area contributed by atoms with Crippen LogP contribution in [0.5, 0.6) is 0 Å². The fourth-order valence-electron chi connectivity index (χ4n) is 2.10. The molecule has 0 aliphatic heterocycles. The molecule has 5 heteroatoms. The predicted octanol–water partition coefficient (Wildman–Crippen LogP) is 4.58. The number of aromatic nitrogens is 1. The van der Waals surface area contributed by atoms with Gasteiger partial charge in [-0.2, -0.15) is 0 Å². The molecule has 1 aromatic heterocycles. The third kappa shape index (κ3) is 3.94. The Hall–Kier alpha value is -1.69. The summed E-state index contributed by atoms with van der Waals surface area (Å²) in [6.07, 6.45) is 0. The average Bonchev–Trinajstić information content (AvgIpc) is 2.95. The monoisotopic (exact) mass is 375 g/mol. The van der Waals surface area contributed by atoms with Gasteiger partial charge in [0, 0.05) is 10.5 Å². The van der Waals surface area contributed by atoms with E-state index in [-0.39, 0.29) is 5.56 Å². The van der Waals surface area contributed by atoms with Crippen molar-refractivity contribution in [3.05, 3.63) is 80.6 Å². The maximum Gasteiger partial charge on any atom is 0.258 e. The van der Waals surface area contributed by atoms with E-state index >= 15 is 0 Å². The number of aromatic amines is 1. The molecule has 0 saturated heterocycles. The number of benzene rings is 2. The summed E-state index contributed by atoms with van der Waals surface area (Å²) in [5.41, 5.74) is 3.24. The average molecular weight is 376 g/mol. The van der Waals surface area contributed by atoms with Crippen molar-refractivity contribution in [3.8, 4) is 10.4 Å². The minimum atomic E-state index is -0.0542. The first-order valence-corrected chi connectivity index (χ1v) is 8.42. The third-order valence-corrected chi connectivity index (χ3v) is 4.56. The molecule has 3 aromatic rings. The fourth-order valence-corrected chi connectivity index (χ4v) is 3.24. The number of hydrogen-bond donors (Lipinski definition) is 1. The lowest BCUT2D eigenvalue weighted by Gasteiger charge is -2.06. The molecule has 3 nitrogen and oxygen atoms in total. The van der Waals surface area contributed by atoms with E-state index in [4.69, 9.17) is 4.74 Å². The Morgan fingerprint density at radius 3 is 2.45 bits per heavy atom. The summed E-state index contributed by atoms with van der Waals surface area (Å²) in [5, 5.41) is 0. The van der Waals surface area contributed by atoms with Crippen LogP contribution >= 0.6 is 27.5 Å². The molecule has 1 N–H and O–H groups in total.